The molecule has 134 valence electrons. The number of likely N-dealkylation sites (N-methyl/N-ethyl adjacent to an activating group) is 1. The van der Waals surface area contributed by atoms with Crippen LogP contribution in [0.25, 0.3) is 5.69 Å². The molecule has 7 heteroatoms. The molecule has 1 aromatic heterocycles. The number of nitrogens with zero attached hydrogens (tertiary/aromatic N) is 3. The summed E-state index contributed by atoms with van der Waals surface area (Å²) in [6.45, 7) is 0. The highest BCUT2D eigenvalue weighted by molar-refractivity contribution is 9.10. The quantitative estimate of drug-likeness (QED) is 0.654. The SMILES string of the molecule is CN1C(=O)C2(CC(=O)Nc3c2cnn3-c2ccc(Br)cc2)c2ccccc21. The zero-order valence-electron chi connectivity index (χ0n) is 14.4. The van der Waals surface area contributed by atoms with Crippen LogP contribution in [0.1, 0.15) is 17.5 Å². The third-order valence-electron chi connectivity index (χ3n) is 5.38. The second kappa shape index (κ2) is 5.53. The molecule has 1 N–H and O–H groups in total. The van der Waals surface area contributed by atoms with Crippen LogP contribution in [-0.4, -0.2) is 28.6 Å². The van der Waals surface area contributed by atoms with Crippen molar-refractivity contribution in [2.24, 2.45) is 0 Å². The Morgan fingerprint density at radius 1 is 1.07 bits per heavy atom. The lowest BCUT2D eigenvalue weighted by Crippen LogP contribution is -2.45. The molecule has 0 aliphatic carbocycles. The predicted molar refractivity (Wildman–Crippen MR) is 105 cm³/mol. The molecule has 3 heterocycles. The van der Waals surface area contributed by atoms with Crippen LogP contribution in [0.5, 0.6) is 0 Å². The maximum atomic E-state index is 13.3. The van der Waals surface area contributed by atoms with E-state index in [1.165, 1.54) is 0 Å². The fourth-order valence-electron chi connectivity index (χ4n) is 4.14. The molecule has 1 unspecified atom stereocenters. The van der Waals surface area contributed by atoms with Crippen LogP contribution >= 0.6 is 15.9 Å². The molecular formula is C20H15BrN4O2. The summed E-state index contributed by atoms with van der Waals surface area (Å²) in [5, 5.41) is 7.42. The zero-order valence-corrected chi connectivity index (χ0v) is 16.0. The highest BCUT2D eigenvalue weighted by Gasteiger charge is 2.56. The number of para-hydroxylation sites is 1. The van der Waals surface area contributed by atoms with Gasteiger partial charge in [0.25, 0.3) is 0 Å². The van der Waals surface area contributed by atoms with Crippen molar-refractivity contribution < 1.29 is 9.59 Å². The van der Waals surface area contributed by atoms with Gasteiger partial charge in [-0.15, -0.1) is 0 Å². The van der Waals surface area contributed by atoms with Crippen molar-refractivity contribution in [3.05, 3.63) is 70.3 Å². The van der Waals surface area contributed by atoms with Gasteiger partial charge in [-0.1, -0.05) is 34.1 Å². The lowest BCUT2D eigenvalue weighted by atomic mass is 9.72. The van der Waals surface area contributed by atoms with E-state index in [9.17, 15) is 9.59 Å². The first-order valence-electron chi connectivity index (χ1n) is 8.54. The monoisotopic (exact) mass is 422 g/mol. The number of hydrogen-bond donors (Lipinski definition) is 1. The Balaban J connectivity index is 1.77. The first-order chi connectivity index (χ1) is 13.0. The van der Waals surface area contributed by atoms with E-state index in [-0.39, 0.29) is 18.2 Å². The summed E-state index contributed by atoms with van der Waals surface area (Å²) >= 11 is 3.42. The van der Waals surface area contributed by atoms with Crippen LogP contribution in [0, 0.1) is 0 Å². The summed E-state index contributed by atoms with van der Waals surface area (Å²) in [4.78, 5) is 27.6. The van der Waals surface area contributed by atoms with Gasteiger partial charge in [0.2, 0.25) is 11.8 Å². The van der Waals surface area contributed by atoms with Crippen molar-refractivity contribution in [3.63, 3.8) is 0 Å². The van der Waals surface area contributed by atoms with Crippen molar-refractivity contribution in [1.82, 2.24) is 9.78 Å². The van der Waals surface area contributed by atoms with Crippen molar-refractivity contribution in [2.75, 3.05) is 17.3 Å². The molecule has 2 aromatic carbocycles. The standard InChI is InChI=1S/C20H15BrN4O2/c1-24-16-5-3-2-4-14(16)20(19(24)27)10-17(26)23-18-15(20)11-22-25(18)13-8-6-12(21)7-9-13/h2-9,11H,10H2,1H3,(H,23,26). The van der Waals surface area contributed by atoms with Gasteiger partial charge in [-0.3, -0.25) is 9.59 Å². The van der Waals surface area contributed by atoms with Crippen LogP contribution in [0.2, 0.25) is 0 Å². The third kappa shape index (κ3) is 2.09. The number of fused-ring (bicyclic) bond motifs is 4. The number of halogens is 1. The number of carbonyl (C=O) groups excluding carboxylic acids is 2. The lowest BCUT2D eigenvalue weighted by Gasteiger charge is -2.32. The van der Waals surface area contributed by atoms with E-state index in [0.717, 1.165) is 27.0 Å². The van der Waals surface area contributed by atoms with E-state index in [4.69, 9.17) is 0 Å². The Morgan fingerprint density at radius 3 is 2.59 bits per heavy atom. The van der Waals surface area contributed by atoms with Gasteiger partial charge in [-0.05, 0) is 35.9 Å². The summed E-state index contributed by atoms with van der Waals surface area (Å²) in [6.07, 6.45) is 1.77. The van der Waals surface area contributed by atoms with E-state index in [0.29, 0.717) is 5.82 Å². The summed E-state index contributed by atoms with van der Waals surface area (Å²) < 4.78 is 2.63. The molecule has 6 nitrogen and oxygen atoms in total. The third-order valence-corrected chi connectivity index (χ3v) is 5.91. The molecule has 2 aliphatic heterocycles. The largest absolute Gasteiger partial charge is 0.314 e. The van der Waals surface area contributed by atoms with Crippen molar-refractivity contribution in [3.8, 4) is 5.69 Å². The molecule has 0 saturated heterocycles. The number of nitrogens with one attached hydrogen (secondary N) is 1. The number of aromatic nitrogens is 2. The van der Waals surface area contributed by atoms with Gasteiger partial charge < -0.3 is 10.2 Å². The summed E-state index contributed by atoms with van der Waals surface area (Å²) in [7, 11) is 1.75. The van der Waals surface area contributed by atoms with Gasteiger partial charge >= 0.3 is 0 Å². The Kier molecular flexibility index (Phi) is 3.33. The molecule has 5 rings (SSSR count). The average molecular weight is 423 g/mol. The minimum atomic E-state index is -1.03. The fraction of sp³-hybridized carbons (Fsp3) is 0.150. The number of benzene rings is 2. The maximum absolute atomic E-state index is 13.3. The van der Waals surface area contributed by atoms with Crippen LogP contribution in [0.4, 0.5) is 11.5 Å². The first-order valence-corrected chi connectivity index (χ1v) is 9.33. The molecule has 0 bridgehead atoms. The van der Waals surface area contributed by atoms with Gasteiger partial charge in [-0.2, -0.15) is 5.10 Å². The summed E-state index contributed by atoms with van der Waals surface area (Å²) in [5.41, 5.74) is 2.19. The highest BCUT2D eigenvalue weighted by atomic mass is 79.9. The van der Waals surface area contributed by atoms with E-state index >= 15 is 0 Å². The number of carbonyl (C=O) groups is 2. The first kappa shape index (κ1) is 16.3. The minimum absolute atomic E-state index is 0.0756. The van der Waals surface area contributed by atoms with E-state index in [2.05, 4.69) is 26.3 Å². The van der Waals surface area contributed by atoms with Gasteiger partial charge in [0.05, 0.1) is 11.9 Å². The lowest BCUT2D eigenvalue weighted by molar-refractivity contribution is -0.126. The Hall–Kier alpha value is -2.93. The van der Waals surface area contributed by atoms with Crippen LogP contribution in [0.3, 0.4) is 0 Å². The maximum Gasteiger partial charge on any atom is 0.242 e. The Labute approximate surface area is 163 Å². The van der Waals surface area contributed by atoms with Crippen molar-refractivity contribution >= 4 is 39.2 Å². The highest BCUT2D eigenvalue weighted by Crippen LogP contribution is 2.51. The molecule has 27 heavy (non-hydrogen) atoms. The molecule has 1 spiro atoms. The molecule has 2 aliphatic rings. The topological polar surface area (TPSA) is 67.2 Å². The van der Waals surface area contributed by atoms with Crippen LogP contribution in [0.15, 0.2) is 59.2 Å². The predicted octanol–water partition coefficient (Wildman–Crippen LogP) is 3.24. The zero-order chi connectivity index (χ0) is 18.8. The molecular weight excluding hydrogens is 408 g/mol. The molecule has 1 atom stereocenters. The molecule has 0 fully saturated rings. The van der Waals surface area contributed by atoms with Gasteiger partial charge in [-0.25, -0.2) is 4.68 Å². The van der Waals surface area contributed by atoms with E-state index < -0.39 is 5.41 Å². The second-order valence-corrected chi connectivity index (χ2v) is 7.72. The Bertz CT molecular complexity index is 1110. The normalized spacial score (nSPS) is 20.6. The fourth-order valence-corrected chi connectivity index (χ4v) is 4.40. The molecule has 3 aromatic rings. The van der Waals surface area contributed by atoms with Gasteiger partial charge in [0, 0.05) is 29.2 Å². The molecule has 0 saturated carbocycles. The number of rotatable bonds is 1. The second-order valence-electron chi connectivity index (χ2n) is 6.81. The van der Waals surface area contributed by atoms with Crippen molar-refractivity contribution in [1.29, 1.82) is 0 Å². The smallest absolute Gasteiger partial charge is 0.242 e. The summed E-state index contributed by atoms with van der Waals surface area (Å²) in [6, 6.07) is 15.3. The molecule has 0 radical (unpaired) electrons. The number of hydrogen-bond acceptors (Lipinski definition) is 3. The van der Waals surface area contributed by atoms with Crippen LogP contribution < -0.4 is 10.2 Å². The number of anilines is 2. The Morgan fingerprint density at radius 2 is 1.81 bits per heavy atom. The van der Waals surface area contributed by atoms with Gasteiger partial charge in [0.1, 0.15) is 11.2 Å². The van der Waals surface area contributed by atoms with E-state index in [1.54, 1.807) is 22.8 Å². The minimum Gasteiger partial charge on any atom is -0.314 e. The van der Waals surface area contributed by atoms with Crippen LogP contribution in [-0.2, 0) is 15.0 Å². The van der Waals surface area contributed by atoms with Crippen molar-refractivity contribution in [2.45, 2.75) is 11.8 Å². The summed E-state index contributed by atoms with van der Waals surface area (Å²) in [5.74, 6) is 0.252. The number of amides is 2. The average Bonchev–Trinajstić information content (AvgIpc) is 3.18. The van der Waals surface area contributed by atoms with Gasteiger partial charge in [0.15, 0.2) is 0 Å². The molecule has 2 amide bonds. The van der Waals surface area contributed by atoms with E-state index in [1.807, 2.05) is 48.5 Å².